The van der Waals surface area contributed by atoms with E-state index in [-0.39, 0.29) is 29.4 Å². The van der Waals surface area contributed by atoms with Crippen LogP contribution in [0.1, 0.15) is 17.0 Å². The maximum absolute atomic E-state index is 12.9. The van der Waals surface area contributed by atoms with Gasteiger partial charge in [0, 0.05) is 19.2 Å². The smallest absolute Gasteiger partial charge is 0.294 e. The molecular weight excluding hydrogens is 446 g/mol. The number of nitro groups is 1. The van der Waals surface area contributed by atoms with Crippen LogP contribution >= 0.6 is 0 Å². The van der Waals surface area contributed by atoms with Gasteiger partial charge in [-0.05, 0) is 45.0 Å². The number of morpholine rings is 1. The van der Waals surface area contributed by atoms with Gasteiger partial charge in [-0.2, -0.15) is 9.40 Å². The quantitative estimate of drug-likeness (QED) is 0.432. The van der Waals surface area contributed by atoms with E-state index in [0.29, 0.717) is 24.6 Å². The fourth-order valence-electron chi connectivity index (χ4n) is 3.76. The number of rotatable bonds is 6. The molecule has 1 fully saturated rings. The third-order valence-electron chi connectivity index (χ3n) is 5.60. The van der Waals surface area contributed by atoms with Crippen LogP contribution in [0.3, 0.4) is 0 Å². The lowest BCUT2D eigenvalue weighted by Gasteiger charge is -2.26. The van der Waals surface area contributed by atoms with E-state index in [0.717, 1.165) is 23.0 Å². The van der Waals surface area contributed by atoms with Crippen molar-refractivity contribution in [2.24, 2.45) is 0 Å². The van der Waals surface area contributed by atoms with Crippen molar-refractivity contribution in [1.29, 1.82) is 0 Å². The van der Waals surface area contributed by atoms with Crippen LogP contribution in [0, 0.1) is 30.9 Å². The Morgan fingerprint density at radius 1 is 1.06 bits per heavy atom. The van der Waals surface area contributed by atoms with E-state index in [2.05, 4.69) is 10.4 Å². The van der Waals surface area contributed by atoms with Crippen LogP contribution in [0.15, 0.2) is 47.4 Å². The summed E-state index contributed by atoms with van der Waals surface area (Å²) in [5, 5.41) is 19.5. The summed E-state index contributed by atoms with van der Waals surface area (Å²) in [7, 11) is -3.85. The third-order valence-corrected chi connectivity index (χ3v) is 7.50. The highest BCUT2D eigenvalue weighted by Crippen LogP contribution is 2.34. The Hall–Kier alpha value is -3.28. The van der Waals surface area contributed by atoms with Gasteiger partial charge in [0.25, 0.3) is 5.69 Å². The number of hydrogen-bond donors (Lipinski definition) is 1. The number of sulfonamides is 1. The zero-order chi connectivity index (χ0) is 23.8. The standard InChI is InChI=1S/C22H25N5O5S/c1-15-4-6-18(7-5-15)26-17(3)22(16(2)24-26)23-20-9-8-19(14-21(20)27(28)29)33(30,31)25-10-12-32-13-11-25/h4-9,14,23H,10-13H2,1-3H3. The van der Waals surface area contributed by atoms with Crippen LogP contribution in [0.5, 0.6) is 0 Å². The number of hydrogen-bond acceptors (Lipinski definition) is 7. The highest BCUT2D eigenvalue weighted by molar-refractivity contribution is 7.89. The fourth-order valence-corrected chi connectivity index (χ4v) is 5.19. The summed E-state index contributed by atoms with van der Waals surface area (Å²) in [5.41, 5.74) is 3.92. The van der Waals surface area contributed by atoms with Gasteiger partial charge in [0.15, 0.2) is 0 Å². The molecule has 10 nitrogen and oxygen atoms in total. The van der Waals surface area contributed by atoms with Gasteiger partial charge in [0.2, 0.25) is 10.0 Å². The largest absolute Gasteiger partial charge is 0.379 e. The van der Waals surface area contributed by atoms with E-state index < -0.39 is 14.9 Å². The van der Waals surface area contributed by atoms with Crippen LogP contribution < -0.4 is 5.32 Å². The lowest BCUT2D eigenvalue weighted by Crippen LogP contribution is -2.40. The molecule has 1 aliphatic heterocycles. The average molecular weight is 472 g/mol. The van der Waals surface area contributed by atoms with Crippen LogP contribution in [0.25, 0.3) is 5.69 Å². The second kappa shape index (κ2) is 8.93. The molecule has 1 aliphatic rings. The summed E-state index contributed by atoms with van der Waals surface area (Å²) in [5.74, 6) is 0. The molecule has 1 saturated heterocycles. The minimum atomic E-state index is -3.85. The molecule has 0 unspecified atom stereocenters. The average Bonchev–Trinajstić information content (AvgIpc) is 3.08. The number of aryl methyl sites for hydroxylation is 2. The molecule has 0 atom stereocenters. The van der Waals surface area contributed by atoms with Gasteiger partial charge < -0.3 is 10.1 Å². The van der Waals surface area contributed by atoms with E-state index >= 15 is 0 Å². The Labute approximate surface area is 192 Å². The van der Waals surface area contributed by atoms with Gasteiger partial charge in [-0.25, -0.2) is 13.1 Å². The first kappa shape index (κ1) is 22.9. The van der Waals surface area contributed by atoms with Crippen molar-refractivity contribution in [3.8, 4) is 5.69 Å². The first-order valence-corrected chi connectivity index (χ1v) is 11.9. The van der Waals surface area contributed by atoms with Crippen molar-refractivity contribution in [2.75, 3.05) is 31.6 Å². The second-order valence-electron chi connectivity index (χ2n) is 7.87. The summed E-state index contributed by atoms with van der Waals surface area (Å²) >= 11 is 0. The topological polar surface area (TPSA) is 120 Å². The van der Waals surface area contributed by atoms with E-state index in [1.54, 1.807) is 4.68 Å². The molecule has 1 aromatic heterocycles. The van der Waals surface area contributed by atoms with Crippen molar-refractivity contribution < 1.29 is 18.1 Å². The fraction of sp³-hybridized carbons (Fsp3) is 0.318. The lowest BCUT2D eigenvalue weighted by atomic mass is 10.2. The number of aromatic nitrogens is 2. The molecule has 1 N–H and O–H groups in total. The normalized spacial score (nSPS) is 14.9. The Morgan fingerprint density at radius 3 is 2.36 bits per heavy atom. The van der Waals surface area contributed by atoms with Gasteiger partial charge >= 0.3 is 0 Å². The number of nitrogens with zero attached hydrogens (tertiary/aromatic N) is 4. The number of anilines is 2. The number of nitro benzene ring substituents is 1. The molecule has 2 aromatic carbocycles. The minimum Gasteiger partial charge on any atom is -0.379 e. The van der Waals surface area contributed by atoms with Crippen molar-refractivity contribution in [1.82, 2.24) is 14.1 Å². The first-order chi connectivity index (χ1) is 15.7. The SMILES string of the molecule is Cc1ccc(-n2nc(C)c(Nc3ccc(S(=O)(=O)N4CCOCC4)cc3[N+](=O)[O-])c2C)cc1. The number of benzene rings is 2. The molecule has 0 spiro atoms. The summed E-state index contributed by atoms with van der Waals surface area (Å²) in [4.78, 5) is 11.1. The number of ether oxygens (including phenoxy) is 1. The number of nitrogens with one attached hydrogen (secondary N) is 1. The van der Waals surface area contributed by atoms with Crippen molar-refractivity contribution in [3.63, 3.8) is 0 Å². The summed E-state index contributed by atoms with van der Waals surface area (Å²) < 4.78 is 34.1. The molecule has 33 heavy (non-hydrogen) atoms. The van der Waals surface area contributed by atoms with E-state index in [1.807, 2.05) is 45.0 Å². The van der Waals surface area contributed by atoms with Gasteiger partial charge in [0.05, 0.1) is 45.8 Å². The maximum Gasteiger partial charge on any atom is 0.294 e. The van der Waals surface area contributed by atoms with Gasteiger partial charge in [-0.1, -0.05) is 17.7 Å². The van der Waals surface area contributed by atoms with Crippen LogP contribution in [0.2, 0.25) is 0 Å². The van der Waals surface area contributed by atoms with Gasteiger partial charge in [0.1, 0.15) is 5.69 Å². The van der Waals surface area contributed by atoms with Gasteiger partial charge in [-0.15, -0.1) is 0 Å². The highest BCUT2D eigenvalue weighted by atomic mass is 32.2. The molecule has 0 amide bonds. The summed E-state index contributed by atoms with van der Waals surface area (Å²) in [6.45, 7) is 6.70. The van der Waals surface area contributed by atoms with Crippen molar-refractivity contribution in [3.05, 3.63) is 69.5 Å². The highest BCUT2D eigenvalue weighted by Gasteiger charge is 2.29. The maximum atomic E-state index is 12.9. The van der Waals surface area contributed by atoms with Crippen molar-refractivity contribution in [2.45, 2.75) is 25.7 Å². The zero-order valence-corrected chi connectivity index (χ0v) is 19.4. The Bertz CT molecular complexity index is 1300. The molecule has 0 radical (unpaired) electrons. The monoisotopic (exact) mass is 471 g/mol. The first-order valence-electron chi connectivity index (χ1n) is 10.4. The van der Waals surface area contributed by atoms with Gasteiger partial charge in [-0.3, -0.25) is 10.1 Å². The van der Waals surface area contributed by atoms with Crippen LogP contribution in [0.4, 0.5) is 17.1 Å². The molecule has 2 heterocycles. The second-order valence-corrected chi connectivity index (χ2v) is 9.81. The summed E-state index contributed by atoms with van der Waals surface area (Å²) in [6.07, 6.45) is 0. The molecule has 4 rings (SSSR count). The lowest BCUT2D eigenvalue weighted by molar-refractivity contribution is -0.384. The minimum absolute atomic E-state index is 0.120. The van der Waals surface area contributed by atoms with E-state index in [1.165, 1.54) is 16.4 Å². The molecule has 174 valence electrons. The third kappa shape index (κ3) is 4.47. The Balaban J connectivity index is 1.69. The molecule has 0 saturated carbocycles. The molecule has 3 aromatic rings. The summed E-state index contributed by atoms with van der Waals surface area (Å²) in [6, 6.07) is 11.8. The van der Waals surface area contributed by atoms with Crippen molar-refractivity contribution >= 4 is 27.1 Å². The zero-order valence-electron chi connectivity index (χ0n) is 18.6. The van der Waals surface area contributed by atoms with Crippen LogP contribution in [-0.4, -0.2) is 53.7 Å². The molecule has 0 bridgehead atoms. The van der Waals surface area contributed by atoms with E-state index in [9.17, 15) is 18.5 Å². The predicted octanol–water partition coefficient (Wildman–Crippen LogP) is 3.47. The Kier molecular flexibility index (Phi) is 6.19. The molecule has 0 aliphatic carbocycles. The Morgan fingerprint density at radius 2 is 1.73 bits per heavy atom. The van der Waals surface area contributed by atoms with Crippen LogP contribution in [-0.2, 0) is 14.8 Å². The van der Waals surface area contributed by atoms with E-state index in [4.69, 9.17) is 4.74 Å². The predicted molar refractivity (Wildman–Crippen MR) is 124 cm³/mol. The molecule has 11 heteroatoms. The molecular formula is C22H25N5O5S.